The van der Waals surface area contributed by atoms with Crippen LogP contribution >= 0.6 is 0 Å². The van der Waals surface area contributed by atoms with E-state index in [0.717, 1.165) is 18.4 Å². The second-order valence-corrected chi connectivity index (χ2v) is 9.00. The fourth-order valence-corrected chi connectivity index (χ4v) is 5.08. The highest BCUT2D eigenvalue weighted by Gasteiger charge is 2.39. The molecule has 33 heavy (non-hydrogen) atoms. The van der Waals surface area contributed by atoms with Gasteiger partial charge in [0.25, 0.3) is 5.91 Å². The number of carbonyl (C=O) groups excluding carboxylic acids is 2. The van der Waals surface area contributed by atoms with E-state index in [2.05, 4.69) is 38.1 Å². The van der Waals surface area contributed by atoms with Gasteiger partial charge < -0.3 is 26.0 Å². The third-order valence-electron chi connectivity index (χ3n) is 6.83. The van der Waals surface area contributed by atoms with Crippen LogP contribution in [0.2, 0.25) is 0 Å². The first kappa shape index (κ1) is 21.3. The number of fused-ring (bicyclic) bond motifs is 3. The third kappa shape index (κ3) is 4.49. The molecular weight excluding hydrogens is 420 g/mol. The lowest BCUT2D eigenvalue weighted by molar-refractivity contribution is 0.0879. The standard InChI is InChI=1S/C24H28N6O3/c1-30-17-6-7-18(30)11-16(10-17)26-23(32)22-20-8-5-15(12-21(20)28-29-22)27-24(33)25-13-14-3-2-4-19(31)9-14/h2-5,8-9,12,16-18,31H,6-7,10-11,13H2,1H3,(H,26,32)(H,28,29)(H2,25,27,33). The Kier molecular flexibility index (Phi) is 5.63. The van der Waals surface area contributed by atoms with Gasteiger partial charge in [0.1, 0.15) is 5.75 Å². The number of nitrogens with zero attached hydrogens (tertiary/aromatic N) is 2. The average molecular weight is 449 g/mol. The average Bonchev–Trinajstić information content (AvgIpc) is 3.28. The summed E-state index contributed by atoms with van der Waals surface area (Å²) in [7, 11) is 2.18. The van der Waals surface area contributed by atoms with Crippen LogP contribution in [0.15, 0.2) is 42.5 Å². The summed E-state index contributed by atoms with van der Waals surface area (Å²) in [5.41, 5.74) is 2.42. The molecule has 2 atom stereocenters. The molecule has 0 spiro atoms. The third-order valence-corrected chi connectivity index (χ3v) is 6.83. The van der Waals surface area contributed by atoms with E-state index >= 15 is 0 Å². The number of hydrogen-bond acceptors (Lipinski definition) is 5. The van der Waals surface area contributed by atoms with Crippen molar-refractivity contribution >= 4 is 28.5 Å². The van der Waals surface area contributed by atoms with Crippen LogP contribution in [0, 0.1) is 0 Å². The maximum atomic E-state index is 12.9. The second-order valence-electron chi connectivity index (χ2n) is 9.00. The van der Waals surface area contributed by atoms with Crippen molar-refractivity contribution in [3.8, 4) is 5.75 Å². The fraction of sp³-hybridized carbons (Fsp3) is 0.375. The molecule has 2 bridgehead atoms. The minimum atomic E-state index is -0.368. The molecule has 9 nitrogen and oxygen atoms in total. The van der Waals surface area contributed by atoms with Gasteiger partial charge in [0.2, 0.25) is 0 Å². The Bertz CT molecular complexity index is 1180. The van der Waals surface area contributed by atoms with Crippen molar-refractivity contribution in [2.45, 2.75) is 50.4 Å². The van der Waals surface area contributed by atoms with Gasteiger partial charge in [-0.15, -0.1) is 0 Å². The molecule has 5 N–H and O–H groups in total. The Hall–Kier alpha value is -3.59. The Morgan fingerprint density at radius 2 is 1.94 bits per heavy atom. The van der Waals surface area contributed by atoms with Crippen molar-refractivity contribution in [1.82, 2.24) is 25.7 Å². The highest BCUT2D eigenvalue weighted by molar-refractivity contribution is 6.05. The minimum Gasteiger partial charge on any atom is -0.508 e. The van der Waals surface area contributed by atoms with Crippen molar-refractivity contribution in [3.63, 3.8) is 0 Å². The van der Waals surface area contributed by atoms with E-state index in [4.69, 9.17) is 0 Å². The summed E-state index contributed by atoms with van der Waals surface area (Å²) in [6.07, 6.45) is 4.37. The lowest BCUT2D eigenvalue weighted by atomic mass is 9.98. The van der Waals surface area contributed by atoms with E-state index in [-0.39, 0.29) is 30.3 Å². The quantitative estimate of drug-likeness (QED) is 0.411. The van der Waals surface area contributed by atoms with Crippen molar-refractivity contribution in [1.29, 1.82) is 0 Å². The van der Waals surface area contributed by atoms with E-state index < -0.39 is 0 Å². The van der Waals surface area contributed by atoms with Gasteiger partial charge in [0.15, 0.2) is 5.69 Å². The molecule has 1 aromatic heterocycles. The first-order valence-corrected chi connectivity index (χ1v) is 11.3. The number of benzene rings is 2. The molecule has 0 radical (unpaired) electrons. The molecule has 3 heterocycles. The van der Waals surface area contributed by atoms with Crippen molar-refractivity contribution in [2.75, 3.05) is 12.4 Å². The van der Waals surface area contributed by atoms with E-state index in [1.807, 2.05) is 6.07 Å². The Morgan fingerprint density at radius 1 is 1.15 bits per heavy atom. The van der Waals surface area contributed by atoms with Crippen molar-refractivity contribution in [2.24, 2.45) is 0 Å². The zero-order valence-corrected chi connectivity index (χ0v) is 18.5. The number of piperidine rings is 1. The number of nitrogens with one attached hydrogen (secondary N) is 4. The van der Waals surface area contributed by atoms with Gasteiger partial charge in [-0.3, -0.25) is 9.89 Å². The Balaban J connectivity index is 1.20. The van der Waals surface area contributed by atoms with Crippen LogP contribution in [0.3, 0.4) is 0 Å². The number of aromatic hydroxyl groups is 1. The molecule has 2 aromatic carbocycles. The largest absolute Gasteiger partial charge is 0.508 e. The van der Waals surface area contributed by atoms with Gasteiger partial charge in [-0.25, -0.2) is 4.79 Å². The van der Waals surface area contributed by atoms with Gasteiger partial charge >= 0.3 is 6.03 Å². The summed E-state index contributed by atoms with van der Waals surface area (Å²) in [5.74, 6) is -0.0119. The molecule has 2 fully saturated rings. The van der Waals surface area contributed by atoms with E-state index in [9.17, 15) is 14.7 Å². The molecule has 0 aliphatic carbocycles. The summed E-state index contributed by atoms with van der Waals surface area (Å²) in [4.78, 5) is 27.6. The number of aromatic nitrogens is 2. The smallest absolute Gasteiger partial charge is 0.319 e. The van der Waals surface area contributed by atoms with Gasteiger partial charge in [0.05, 0.1) is 5.52 Å². The Labute approximate surface area is 191 Å². The van der Waals surface area contributed by atoms with Crippen molar-refractivity contribution in [3.05, 3.63) is 53.7 Å². The molecule has 172 valence electrons. The second kappa shape index (κ2) is 8.74. The normalized spacial score (nSPS) is 22.3. The number of anilines is 1. The molecule has 2 aliphatic heterocycles. The molecular formula is C24H28N6O3. The number of amides is 3. The summed E-state index contributed by atoms with van der Waals surface area (Å²) >= 11 is 0. The molecule has 3 aromatic rings. The predicted octanol–water partition coefficient (Wildman–Crippen LogP) is 2.95. The van der Waals surface area contributed by atoms with E-state index in [0.29, 0.717) is 34.4 Å². The number of rotatable bonds is 5. The minimum absolute atomic E-state index is 0.155. The predicted molar refractivity (Wildman–Crippen MR) is 125 cm³/mol. The summed E-state index contributed by atoms with van der Waals surface area (Å²) in [6, 6.07) is 12.9. The van der Waals surface area contributed by atoms with Crippen LogP contribution in [0.4, 0.5) is 10.5 Å². The summed E-state index contributed by atoms with van der Waals surface area (Å²) in [5, 5.41) is 26.1. The van der Waals surface area contributed by atoms with Crippen LogP contribution in [-0.2, 0) is 6.54 Å². The zero-order valence-electron chi connectivity index (χ0n) is 18.5. The summed E-state index contributed by atoms with van der Waals surface area (Å²) < 4.78 is 0. The number of aromatic amines is 1. The number of H-pyrrole nitrogens is 1. The fourth-order valence-electron chi connectivity index (χ4n) is 5.08. The van der Waals surface area contributed by atoms with E-state index in [1.54, 1.807) is 36.4 Å². The Morgan fingerprint density at radius 3 is 2.70 bits per heavy atom. The molecule has 2 saturated heterocycles. The highest BCUT2D eigenvalue weighted by Crippen LogP contribution is 2.34. The SMILES string of the molecule is CN1C2CCC1CC(NC(=O)c1n[nH]c3cc(NC(=O)NCc4cccc(O)c4)ccc13)C2. The van der Waals surface area contributed by atoms with Crippen LogP contribution in [0.1, 0.15) is 41.7 Å². The number of phenolic OH excluding ortho intramolecular Hbond substituents is 1. The summed E-state index contributed by atoms with van der Waals surface area (Å²) in [6.45, 7) is 0.287. The number of hydrogen-bond donors (Lipinski definition) is 5. The molecule has 2 aliphatic rings. The monoisotopic (exact) mass is 448 g/mol. The van der Waals surface area contributed by atoms with Gasteiger partial charge in [-0.1, -0.05) is 12.1 Å². The van der Waals surface area contributed by atoms with Crippen molar-refractivity contribution < 1.29 is 14.7 Å². The first-order chi connectivity index (χ1) is 16.0. The lowest BCUT2D eigenvalue weighted by Gasteiger charge is -2.36. The van der Waals surface area contributed by atoms with Crippen LogP contribution in [-0.4, -0.2) is 57.3 Å². The topological polar surface area (TPSA) is 122 Å². The molecule has 5 rings (SSSR count). The highest BCUT2D eigenvalue weighted by atomic mass is 16.3. The lowest BCUT2D eigenvalue weighted by Crippen LogP contribution is -2.48. The number of urea groups is 1. The van der Waals surface area contributed by atoms with E-state index in [1.165, 1.54) is 12.8 Å². The zero-order chi connectivity index (χ0) is 22.9. The first-order valence-electron chi connectivity index (χ1n) is 11.3. The van der Waals surface area contributed by atoms with Gasteiger partial charge in [0, 0.05) is 35.7 Å². The molecule has 9 heteroatoms. The molecule has 3 amide bonds. The maximum Gasteiger partial charge on any atom is 0.319 e. The van der Waals surface area contributed by atoms with Crippen LogP contribution in [0.25, 0.3) is 10.9 Å². The molecule has 2 unspecified atom stereocenters. The maximum absolute atomic E-state index is 12.9. The molecule has 0 saturated carbocycles. The van der Waals surface area contributed by atoms with Gasteiger partial charge in [-0.2, -0.15) is 5.10 Å². The number of carbonyl (C=O) groups is 2. The van der Waals surface area contributed by atoms with Crippen LogP contribution in [0.5, 0.6) is 5.75 Å². The number of phenols is 1. The van der Waals surface area contributed by atoms with Crippen LogP contribution < -0.4 is 16.0 Å². The van der Waals surface area contributed by atoms with Gasteiger partial charge in [-0.05, 0) is 68.6 Å².